The second-order valence-corrected chi connectivity index (χ2v) is 4.01. The van der Waals surface area contributed by atoms with E-state index in [9.17, 15) is 9.18 Å². The van der Waals surface area contributed by atoms with Crippen LogP contribution in [0, 0.1) is 12.7 Å². The lowest BCUT2D eigenvalue weighted by Crippen LogP contribution is -2.09. The minimum atomic E-state index is -1.22. The average Bonchev–Trinajstić information content (AvgIpc) is 2.38. The Bertz CT molecular complexity index is 617. The van der Waals surface area contributed by atoms with E-state index in [0.717, 1.165) is 23.4 Å². The number of nitrogens with zero attached hydrogens (tertiary/aromatic N) is 2. The Labute approximate surface area is 109 Å². The zero-order chi connectivity index (χ0) is 13.8. The number of hydrogen-bond donors (Lipinski definition) is 2. The first-order chi connectivity index (χ1) is 9.08. The molecule has 0 radical (unpaired) electrons. The van der Waals surface area contributed by atoms with Crippen LogP contribution in [0.2, 0.25) is 0 Å². The summed E-state index contributed by atoms with van der Waals surface area (Å²) in [6.45, 7) is 2.30. The molecule has 0 saturated heterocycles. The molecule has 2 aromatic heterocycles. The van der Waals surface area contributed by atoms with Crippen LogP contribution in [0.5, 0.6) is 0 Å². The van der Waals surface area contributed by atoms with Crippen LogP contribution < -0.4 is 5.32 Å². The van der Waals surface area contributed by atoms with Crippen molar-refractivity contribution in [2.75, 3.05) is 5.32 Å². The van der Waals surface area contributed by atoms with Gasteiger partial charge in [0.1, 0.15) is 17.2 Å². The number of carboxylic acids is 1. The van der Waals surface area contributed by atoms with Crippen molar-refractivity contribution in [2.24, 2.45) is 0 Å². The van der Waals surface area contributed by atoms with Crippen LogP contribution in [0.15, 0.2) is 30.7 Å². The molecular weight excluding hydrogens is 249 g/mol. The highest BCUT2D eigenvalue weighted by Crippen LogP contribution is 2.15. The van der Waals surface area contributed by atoms with Gasteiger partial charge in [-0.05, 0) is 30.2 Å². The molecule has 0 bridgehead atoms. The summed E-state index contributed by atoms with van der Waals surface area (Å²) in [4.78, 5) is 18.7. The zero-order valence-corrected chi connectivity index (χ0v) is 10.2. The van der Waals surface area contributed by atoms with E-state index < -0.39 is 11.8 Å². The van der Waals surface area contributed by atoms with Crippen molar-refractivity contribution >= 4 is 11.8 Å². The molecule has 0 saturated carbocycles. The summed E-state index contributed by atoms with van der Waals surface area (Å²) in [6, 6.07) is 2.77. The second-order valence-electron chi connectivity index (χ2n) is 4.01. The van der Waals surface area contributed by atoms with Gasteiger partial charge in [0.15, 0.2) is 0 Å². The number of aryl methyl sites for hydroxylation is 1. The number of rotatable bonds is 4. The van der Waals surface area contributed by atoms with Gasteiger partial charge in [0.25, 0.3) is 0 Å². The SMILES string of the molecule is Cc1cnccc1CNc1ncc(F)cc1C(=O)O. The molecule has 0 aliphatic heterocycles. The van der Waals surface area contributed by atoms with Gasteiger partial charge in [0, 0.05) is 18.9 Å². The maximum Gasteiger partial charge on any atom is 0.339 e. The molecule has 0 aliphatic rings. The van der Waals surface area contributed by atoms with E-state index in [1.165, 1.54) is 0 Å². The van der Waals surface area contributed by atoms with Crippen LogP contribution in [0.1, 0.15) is 21.5 Å². The highest BCUT2D eigenvalue weighted by molar-refractivity contribution is 5.93. The van der Waals surface area contributed by atoms with Gasteiger partial charge in [-0.1, -0.05) is 0 Å². The molecule has 0 unspecified atom stereocenters. The minimum absolute atomic E-state index is 0.144. The zero-order valence-electron chi connectivity index (χ0n) is 10.2. The third kappa shape index (κ3) is 3.04. The van der Waals surface area contributed by atoms with E-state index in [-0.39, 0.29) is 11.4 Å². The number of carboxylic acid groups (broad SMARTS) is 1. The number of pyridine rings is 2. The first-order valence-electron chi connectivity index (χ1n) is 5.60. The number of aromatic nitrogens is 2. The average molecular weight is 261 g/mol. The van der Waals surface area contributed by atoms with Crippen molar-refractivity contribution in [1.29, 1.82) is 0 Å². The standard InChI is InChI=1S/C13H12FN3O2/c1-8-5-15-3-2-9(8)6-16-12-11(13(18)19)4-10(14)7-17-12/h2-5,7H,6H2,1H3,(H,16,17)(H,18,19). The number of nitrogens with one attached hydrogen (secondary N) is 1. The Morgan fingerprint density at radius 1 is 1.47 bits per heavy atom. The highest BCUT2D eigenvalue weighted by atomic mass is 19.1. The van der Waals surface area contributed by atoms with Crippen LogP contribution in [0.4, 0.5) is 10.2 Å². The van der Waals surface area contributed by atoms with E-state index in [4.69, 9.17) is 5.11 Å². The molecule has 0 amide bonds. The summed E-state index contributed by atoms with van der Waals surface area (Å²) < 4.78 is 13.0. The molecular formula is C13H12FN3O2. The van der Waals surface area contributed by atoms with Gasteiger partial charge >= 0.3 is 5.97 Å². The van der Waals surface area contributed by atoms with Crippen LogP contribution in [0.25, 0.3) is 0 Å². The Morgan fingerprint density at radius 3 is 2.95 bits per heavy atom. The highest BCUT2D eigenvalue weighted by Gasteiger charge is 2.12. The summed E-state index contributed by atoms with van der Waals surface area (Å²) >= 11 is 0. The maximum atomic E-state index is 13.0. The third-order valence-corrected chi connectivity index (χ3v) is 2.67. The fraction of sp³-hybridized carbons (Fsp3) is 0.154. The molecule has 19 heavy (non-hydrogen) atoms. The smallest absolute Gasteiger partial charge is 0.339 e. The number of anilines is 1. The predicted octanol–water partition coefficient (Wildman–Crippen LogP) is 2.23. The van der Waals surface area contributed by atoms with E-state index in [0.29, 0.717) is 6.54 Å². The Hall–Kier alpha value is -2.50. The second kappa shape index (κ2) is 5.43. The van der Waals surface area contributed by atoms with E-state index in [1.54, 1.807) is 12.4 Å². The molecule has 6 heteroatoms. The summed E-state index contributed by atoms with van der Waals surface area (Å²) in [7, 11) is 0. The first kappa shape index (κ1) is 12.9. The normalized spacial score (nSPS) is 10.2. The summed E-state index contributed by atoms with van der Waals surface area (Å²) in [6.07, 6.45) is 4.35. The molecule has 2 N–H and O–H groups in total. The van der Waals surface area contributed by atoms with Gasteiger partial charge < -0.3 is 10.4 Å². The molecule has 0 atom stereocenters. The monoisotopic (exact) mass is 261 g/mol. The predicted molar refractivity (Wildman–Crippen MR) is 67.5 cm³/mol. The minimum Gasteiger partial charge on any atom is -0.478 e. The van der Waals surface area contributed by atoms with Crippen molar-refractivity contribution in [3.63, 3.8) is 0 Å². The van der Waals surface area contributed by atoms with Gasteiger partial charge in [-0.3, -0.25) is 4.98 Å². The molecule has 0 fully saturated rings. The van der Waals surface area contributed by atoms with Gasteiger partial charge in [-0.15, -0.1) is 0 Å². The van der Waals surface area contributed by atoms with Gasteiger partial charge in [-0.2, -0.15) is 0 Å². The van der Waals surface area contributed by atoms with Crippen molar-refractivity contribution in [3.8, 4) is 0 Å². The molecule has 0 aliphatic carbocycles. The number of aromatic carboxylic acids is 1. The lowest BCUT2D eigenvalue weighted by molar-refractivity contribution is 0.0697. The van der Waals surface area contributed by atoms with E-state index in [1.807, 2.05) is 13.0 Å². The van der Waals surface area contributed by atoms with Crippen LogP contribution in [0.3, 0.4) is 0 Å². The largest absolute Gasteiger partial charge is 0.478 e. The molecule has 0 aromatic carbocycles. The Kier molecular flexibility index (Phi) is 3.70. The van der Waals surface area contributed by atoms with Crippen molar-refractivity contribution < 1.29 is 14.3 Å². The maximum absolute atomic E-state index is 13.0. The van der Waals surface area contributed by atoms with Gasteiger partial charge in [-0.25, -0.2) is 14.2 Å². The van der Waals surface area contributed by atoms with E-state index in [2.05, 4.69) is 15.3 Å². The van der Waals surface area contributed by atoms with Gasteiger partial charge in [0.2, 0.25) is 0 Å². The molecule has 5 nitrogen and oxygen atoms in total. The van der Waals surface area contributed by atoms with Crippen LogP contribution >= 0.6 is 0 Å². The van der Waals surface area contributed by atoms with E-state index >= 15 is 0 Å². The quantitative estimate of drug-likeness (QED) is 0.882. The summed E-state index contributed by atoms with van der Waals surface area (Å²) in [5, 5.41) is 11.9. The van der Waals surface area contributed by atoms with Gasteiger partial charge in [0.05, 0.1) is 6.20 Å². The fourth-order valence-electron chi connectivity index (χ4n) is 1.62. The fourth-order valence-corrected chi connectivity index (χ4v) is 1.62. The molecule has 98 valence electrons. The number of carbonyl (C=O) groups is 1. The summed E-state index contributed by atoms with van der Waals surface area (Å²) in [5.41, 5.74) is 1.76. The van der Waals surface area contributed by atoms with Crippen LogP contribution in [-0.4, -0.2) is 21.0 Å². The summed E-state index contributed by atoms with van der Waals surface area (Å²) in [5.74, 6) is -1.76. The molecule has 2 heterocycles. The lowest BCUT2D eigenvalue weighted by Gasteiger charge is -2.10. The first-order valence-corrected chi connectivity index (χ1v) is 5.60. The van der Waals surface area contributed by atoms with Crippen molar-refractivity contribution in [3.05, 3.63) is 53.2 Å². The lowest BCUT2D eigenvalue weighted by atomic mass is 10.1. The topological polar surface area (TPSA) is 75.1 Å². The molecule has 2 rings (SSSR count). The number of hydrogen-bond acceptors (Lipinski definition) is 4. The van der Waals surface area contributed by atoms with Crippen LogP contribution in [-0.2, 0) is 6.54 Å². The van der Waals surface area contributed by atoms with Crippen molar-refractivity contribution in [1.82, 2.24) is 9.97 Å². The van der Waals surface area contributed by atoms with Crippen molar-refractivity contribution in [2.45, 2.75) is 13.5 Å². The molecule has 0 spiro atoms. The Morgan fingerprint density at radius 2 is 2.26 bits per heavy atom. The molecule has 2 aromatic rings. The third-order valence-electron chi connectivity index (χ3n) is 2.67. The Balaban J connectivity index is 2.20. The number of halogens is 1.